The minimum absolute atomic E-state index is 0.0970. The fourth-order valence-electron chi connectivity index (χ4n) is 2.59. The molecule has 1 atom stereocenters. The quantitative estimate of drug-likeness (QED) is 0.809. The summed E-state index contributed by atoms with van der Waals surface area (Å²) in [6, 6.07) is 6.43. The molecule has 0 aliphatic heterocycles. The highest BCUT2D eigenvalue weighted by atomic mass is 16.6. The molecule has 0 spiro atoms. The van der Waals surface area contributed by atoms with Gasteiger partial charge in [-0.25, -0.2) is 4.79 Å². The molecule has 3 heteroatoms. The fourth-order valence-corrected chi connectivity index (χ4v) is 2.59. The van der Waals surface area contributed by atoms with E-state index in [1.807, 2.05) is 33.9 Å². The SMILES string of the molecule is C=Cc1ccc2c(c1)[C@H](N(C)C(=O)OC(C)(C)C)CC2. The maximum atomic E-state index is 12.2. The molecule has 0 saturated heterocycles. The highest BCUT2D eigenvalue weighted by Gasteiger charge is 2.31. The normalized spacial score (nSPS) is 17.5. The van der Waals surface area contributed by atoms with Crippen LogP contribution in [0.2, 0.25) is 0 Å². The summed E-state index contributed by atoms with van der Waals surface area (Å²) >= 11 is 0. The lowest BCUT2D eigenvalue weighted by atomic mass is 10.0. The Labute approximate surface area is 121 Å². The Balaban J connectivity index is 2.20. The molecule has 1 aromatic rings. The Morgan fingerprint density at radius 1 is 1.45 bits per heavy atom. The summed E-state index contributed by atoms with van der Waals surface area (Å²) in [6.07, 6.45) is 3.53. The van der Waals surface area contributed by atoms with Gasteiger partial charge in [0, 0.05) is 7.05 Å². The van der Waals surface area contributed by atoms with Crippen molar-refractivity contribution in [3.63, 3.8) is 0 Å². The summed E-state index contributed by atoms with van der Waals surface area (Å²) < 4.78 is 5.45. The van der Waals surface area contributed by atoms with Crippen molar-refractivity contribution in [1.82, 2.24) is 4.90 Å². The first-order valence-electron chi connectivity index (χ1n) is 7.03. The van der Waals surface area contributed by atoms with E-state index in [-0.39, 0.29) is 12.1 Å². The maximum Gasteiger partial charge on any atom is 0.410 e. The zero-order chi connectivity index (χ0) is 14.9. The van der Waals surface area contributed by atoms with E-state index in [0.29, 0.717) is 0 Å². The molecule has 20 heavy (non-hydrogen) atoms. The second kappa shape index (κ2) is 5.31. The Morgan fingerprint density at radius 2 is 2.15 bits per heavy atom. The van der Waals surface area contributed by atoms with Crippen LogP contribution in [0.25, 0.3) is 6.08 Å². The van der Waals surface area contributed by atoms with E-state index in [1.165, 1.54) is 11.1 Å². The number of aryl methyl sites for hydroxylation is 1. The van der Waals surface area contributed by atoms with E-state index < -0.39 is 5.60 Å². The molecule has 0 N–H and O–H groups in total. The van der Waals surface area contributed by atoms with Crippen LogP contribution >= 0.6 is 0 Å². The Bertz CT molecular complexity index is 528. The van der Waals surface area contributed by atoms with Crippen LogP contribution in [-0.2, 0) is 11.2 Å². The predicted octanol–water partition coefficient (Wildman–Crippen LogP) is 4.18. The number of fused-ring (bicyclic) bond motifs is 1. The number of hydrogen-bond acceptors (Lipinski definition) is 2. The van der Waals surface area contributed by atoms with Crippen molar-refractivity contribution in [3.05, 3.63) is 41.5 Å². The number of carbonyl (C=O) groups is 1. The van der Waals surface area contributed by atoms with Gasteiger partial charge in [-0.1, -0.05) is 24.8 Å². The van der Waals surface area contributed by atoms with Crippen LogP contribution in [0.3, 0.4) is 0 Å². The van der Waals surface area contributed by atoms with Crippen molar-refractivity contribution in [2.24, 2.45) is 0 Å². The molecule has 0 saturated carbocycles. The molecular formula is C17H23NO2. The number of ether oxygens (including phenoxy) is 1. The van der Waals surface area contributed by atoms with Gasteiger partial charge >= 0.3 is 6.09 Å². The van der Waals surface area contributed by atoms with Gasteiger partial charge < -0.3 is 9.64 Å². The summed E-state index contributed by atoms with van der Waals surface area (Å²) in [4.78, 5) is 13.9. The van der Waals surface area contributed by atoms with Gasteiger partial charge in [0.25, 0.3) is 0 Å². The van der Waals surface area contributed by atoms with Crippen LogP contribution in [-0.4, -0.2) is 23.6 Å². The number of carbonyl (C=O) groups excluding carboxylic acids is 1. The molecule has 0 fully saturated rings. The third-order valence-electron chi connectivity index (χ3n) is 3.60. The van der Waals surface area contributed by atoms with Gasteiger partial charge in [0.15, 0.2) is 0 Å². The van der Waals surface area contributed by atoms with Crippen LogP contribution in [0.15, 0.2) is 24.8 Å². The molecule has 0 unspecified atom stereocenters. The molecule has 3 nitrogen and oxygen atoms in total. The molecule has 1 aromatic carbocycles. The molecule has 0 heterocycles. The first-order chi connectivity index (χ1) is 9.31. The lowest BCUT2D eigenvalue weighted by Crippen LogP contribution is -2.36. The lowest BCUT2D eigenvalue weighted by molar-refractivity contribution is 0.0220. The van der Waals surface area contributed by atoms with E-state index >= 15 is 0 Å². The number of benzene rings is 1. The van der Waals surface area contributed by atoms with E-state index in [4.69, 9.17) is 4.74 Å². The van der Waals surface area contributed by atoms with E-state index in [1.54, 1.807) is 4.90 Å². The maximum absolute atomic E-state index is 12.2. The third-order valence-corrected chi connectivity index (χ3v) is 3.60. The third kappa shape index (κ3) is 3.03. The average molecular weight is 273 g/mol. The van der Waals surface area contributed by atoms with Gasteiger partial charge in [-0.05, 0) is 56.4 Å². The molecule has 108 valence electrons. The van der Waals surface area contributed by atoms with E-state index in [0.717, 1.165) is 18.4 Å². The second-order valence-electron chi connectivity index (χ2n) is 6.31. The van der Waals surface area contributed by atoms with Crippen LogP contribution < -0.4 is 0 Å². The Hall–Kier alpha value is -1.77. The summed E-state index contributed by atoms with van der Waals surface area (Å²) in [7, 11) is 1.81. The number of hydrogen-bond donors (Lipinski definition) is 0. The zero-order valence-electron chi connectivity index (χ0n) is 12.8. The molecule has 2 rings (SSSR count). The average Bonchev–Trinajstić information content (AvgIpc) is 2.78. The highest BCUT2D eigenvalue weighted by Crippen LogP contribution is 2.36. The van der Waals surface area contributed by atoms with Gasteiger partial charge in [0.05, 0.1) is 6.04 Å². The monoisotopic (exact) mass is 273 g/mol. The molecule has 0 bridgehead atoms. The minimum atomic E-state index is -0.463. The van der Waals surface area contributed by atoms with Crippen LogP contribution in [0.1, 0.15) is 49.9 Å². The van der Waals surface area contributed by atoms with Crippen molar-refractivity contribution in [1.29, 1.82) is 0 Å². The van der Waals surface area contributed by atoms with Crippen molar-refractivity contribution in [2.45, 2.75) is 45.3 Å². The first-order valence-corrected chi connectivity index (χ1v) is 7.03. The molecule has 1 aliphatic rings. The first kappa shape index (κ1) is 14.6. The molecule has 0 aromatic heterocycles. The predicted molar refractivity (Wildman–Crippen MR) is 81.6 cm³/mol. The van der Waals surface area contributed by atoms with Gasteiger partial charge in [-0.3, -0.25) is 0 Å². The molecular weight excluding hydrogens is 250 g/mol. The van der Waals surface area contributed by atoms with Gasteiger partial charge in [-0.2, -0.15) is 0 Å². The van der Waals surface area contributed by atoms with Crippen molar-refractivity contribution in [2.75, 3.05) is 7.05 Å². The molecule has 0 radical (unpaired) electrons. The van der Waals surface area contributed by atoms with Crippen LogP contribution in [0, 0.1) is 0 Å². The van der Waals surface area contributed by atoms with Gasteiger partial charge in [0.1, 0.15) is 5.60 Å². The summed E-state index contributed by atoms with van der Waals surface area (Å²) in [6.45, 7) is 9.46. The number of rotatable bonds is 2. The number of nitrogens with zero attached hydrogens (tertiary/aromatic N) is 1. The van der Waals surface area contributed by atoms with Gasteiger partial charge in [0.2, 0.25) is 0 Å². The minimum Gasteiger partial charge on any atom is -0.444 e. The Kier molecular flexibility index (Phi) is 3.89. The molecule has 1 amide bonds. The van der Waals surface area contributed by atoms with Gasteiger partial charge in [-0.15, -0.1) is 0 Å². The summed E-state index contributed by atoms with van der Waals surface area (Å²) in [5.74, 6) is 0. The van der Waals surface area contributed by atoms with Crippen LogP contribution in [0.5, 0.6) is 0 Å². The standard InChI is InChI=1S/C17H23NO2/c1-6-12-7-8-13-9-10-15(14(13)11-12)18(5)16(19)20-17(2,3)4/h6-8,11,15H,1,9-10H2,2-5H3/t15-/m1/s1. The second-order valence-corrected chi connectivity index (χ2v) is 6.31. The summed E-state index contributed by atoms with van der Waals surface area (Å²) in [5, 5.41) is 0. The zero-order valence-corrected chi connectivity index (χ0v) is 12.8. The largest absolute Gasteiger partial charge is 0.444 e. The molecule has 1 aliphatic carbocycles. The summed E-state index contributed by atoms with van der Waals surface area (Å²) in [5.41, 5.74) is 3.16. The Morgan fingerprint density at radius 3 is 2.75 bits per heavy atom. The number of amides is 1. The van der Waals surface area contributed by atoms with Crippen molar-refractivity contribution in [3.8, 4) is 0 Å². The van der Waals surface area contributed by atoms with E-state index in [2.05, 4.69) is 24.8 Å². The van der Waals surface area contributed by atoms with Crippen LogP contribution in [0.4, 0.5) is 4.79 Å². The van der Waals surface area contributed by atoms with Crippen molar-refractivity contribution >= 4 is 12.2 Å². The van der Waals surface area contributed by atoms with Crippen molar-refractivity contribution < 1.29 is 9.53 Å². The topological polar surface area (TPSA) is 29.5 Å². The highest BCUT2D eigenvalue weighted by molar-refractivity contribution is 5.69. The lowest BCUT2D eigenvalue weighted by Gasteiger charge is -2.29. The smallest absolute Gasteiger partial charge is 0.410 e. The fraction of sp³-hybridized carbons (Fsp3) is 0.471. The van der Waals surface area contributed by atoms with E-state index in [9.17, 15) is 4.79 Å².